The highest BCUT2D eigenvalue weighted by Crippen LogP contribution is 2.18. The van der Waals surface area contributed by atoms with E-state index in [0.717, 1.165) is 27.8 Å². The summed E-state index contributed by atoms with van der Waals surface area (Å²) in [4.78, 5) is 5.03. The average Bonchev–Trinajstić information content (AvgIpc) is 2.85. The Morgan fingerprint density at radius 2 is 2.00 bits per heavy atom. The van der Waals surface area contributed by atoms with Crippen LogP contribution in [0.3, 0.4) is 0 Å². The number of nitrogens with two attached hydrogens (primary N) is 1. The Kier molecular flexibility index (Phi) is 2.93. The van der Waals surface area contributed by atoms with Crippen LogP contribution >= 0.6 is 22.9 Å². The lowest BCUT2D eigenvalue weighted by molar-refractivity contribution is 0.866. The van der Waals surface area contributed by atoms with E-state index in [1.165, 1.54) is 5.56 Å². The van der Waals surface area contributed by atoms with Crippen molar-refractivity contribution in [1.29, 1.82) is 0 Å². The van der Waals surface area contributed by atoms with Crippen molar-refractivity contribution in [3.05, 3.63) is 46.1 Å². The highest BCUT2D eigenvalue weighted by atomic mass is 35.5. The van der Waals surface area contributed by atoms with Gasteiger partial charge in [-0.15, -0.1) is 0 Å². The molecule has 2 heterocycles. The first-order valence-corrected chi connectivity index (χ1v) is 6.75. The quantitative estimate of drug-likeness (QED) is 0.801. The Bertz CT molecular complexity index is 640. The van der Waals surface area contributed by atoms with E-state index < -0.39 is 0 Å². The van der Waals surface area contributed by atoms with E-state index in [-0.39, 0.29) is 0 Å². The van der Waals surface area contributed by atoms with Gasteiger partial charge in [0.2, 0.25) is 4.96 Å². The van der Waals surface area contributed by atoms with Crippen LogP contribution in [-0.4, -0.2) is 14.6 Å². The number of nitrogen functional groups attached to an aromatic ring is 1. The van der Waals surface area contributed by atoms with Crippen LogP contribution in [0.15, 0.2) is 30.5 Å². The molecule has 0 radical (unpaired) electrons. The standard InChI is InChI=1S/C12H11ClN4S/c13-9-4-1-8(2-5-9)3-6-11-16-17-7-10(14)15-12(17)18-11/h1-2,4-5,7H,3,6,14H2. The molecule has 3 rings (SSSR count). The second-order valence-corrected chi connectivity index (χ2v) is 5.49. The van der Waals surface area contributed by atoms with Gasteiger partial charge in [0, 0.05) is 11.4 Å². The Morgan fingerprint density at radius 3 is 2.72 bits per heavy atom. The van der Waals surface area contributed by atoms with E-state index in [4.69, 9.17) is 17.3 Å². The first-order valence-electron chi connectivity index (χ1n) is 5.56. The molecule has 92 valence electrons. The van der Waals surface area contributed by atoms with Gasteiger partial charge in [0.1, 0.15) is 10.8 Å². The first-order chi connectivity index (χ1) is 8.70. The molecule has 2 N–H and O–H groups in total. The van der Waals surface area contributed by atoms with Crippen molar-refractivity contribution in [2.24, 2.45) is 0 Å². The van der Waals surface area contributed by atoms with Crippen LogP contribution in [0.1, 0.15) is 10.6 Å². The van der Waals surface area contributed by atoms with Gasteiger partial charge in [-0.1, -0.05) is 35.1 Å². The number of hydrogen-bond donors (Lipinski definition) is 1. The van der Waals surface area contributed by atoms with Gasteiger partial charge in [-0.25, -0.2) is 9.50 Å². The zero-order chi connectivity index (χ0) is 12.5. The fourth-order valence-corrected chi connectivity index (χ4v) is 2.77. The van der Waals surface area contributed by atoms with Crippen molar-refractivity contribution in [3.8, 4) is 0 Å². The maximum Gasteiger partial charge on any atom is 0.214 e. The summed E-state index contributed by atoms with van der Waals surface area (Å²) in [6.45, 7) is 0. The normalized spacial score (nSPS) is 11.2. The summed E-state index contributed by atoms with van der Waals surface area (Å²) in [7, 11) is 0. The lowest BCUT2D eigenvalue weighted by Crippen LogP contribution is -1.92. The summed E-state index contributed by atoms with van der Waals surface area (Å²) < 4.78 is 1.73. The molecule has 0 atom stereocenters. The van der Waals surface area contributed by atoms with Gasteiger partial charge < -0.3 is 5.73 Å². The molecule has 18 heavy (non-hydrogen) atoms. The van der Waals surface area contributed by atoms with E-state index in [1.807, 2.05) is 24.3 Å². The molecule has 0 aliphatic carbocycles. The molecule has 0 unspecified atom stereocenters. The molecule has 0 spiro atoms. The van der Waals surface area contributed by atoms with E-state index in [2.05, 4.69) is 10.1 Å². The molecule has 0 amide bonds. The number of rotatable bonds is 3. The Morgan fingerprint density at radius 1 is 1.22 bits per heavy atom. The SMILES string of the molecule is Nc1cn2nc(CCc3ccc(Cl)cc3)sc2n1. The molecule has 0 bridgehead atoms. The van der Waals surface area contributed by atoms with Crippen molar-refractivity contribution < 1.29 is 0 Å². The van der Waals surface area contributed by atoms with Crippen molar-refractivity contribution in [1.82, 2.24) is 14.6 Å². The smallest absolute Gasteiger partial charge is 0.214 e. The molecule has 4 nitrogen and oxygen atoms in total. The van der Waals surface area contributed by atoms with Gasteiger partial charge in [0.25, 0.3) is 0 Å². The minimum absolute atomic E-state index is 0.512. The summed E-state index contributed by atoms with van der Waals surface area (Å²) in [5.74, 6) is 0.512. The third kappa shape index (κ3) is 2.32. The summed E-state index contributed by atoms with van der Waals surface area (Å²) >= 11 is 7.42. The summed E-state index contributed by atoms with van der Waals surface area (Å²) in [5.41, 5.74) is 6.84. The summed E-state index contributed by atoms with van der Waals surface area (Å²) in [6.07, 6.45) is 3.58. The number of aromatic nitrogens is 3. The third-order valence-corrected chi connectivity index (χ3v) is 3.88. The van der Waals surface area contributed by atoms with Crippen molar-refractivity contribution in [2.75, 3.05) is 5.73 Å². The Labute approximate surface area is 113 Å². The van der Waals surface area contributed by atoms with Crippen LogP contribution in [0, 0.1) is 0 Å². The molecular weight excluding hydrogens is 268 g/mol. The van der Waals surface area contributed by atoms with E-state index in [1.54, 1.807) is 22.0 Å². The monoisotopic (exact) mass is 278 g/mol. The molecular formula is C12H11ClN4S. The Balaban J connectivity index is 1.72. The molecule has 1 aromatic carbocycles. The molecule has 2 aromatic heterocycles. The van der Waals surface area contributed by atoms with Crippen LogP contribution in [-0.2, 0) is 12.8 Å². The molecule has 0 aliphatic heterocycles. The topological polar surface area (TPSA) is 56.2 Å². The summed E-state index contributed by atoms with van der Waals surface area (Å²) in [6, 6.07) is 7.90. The molecule has 3 aromatic rings. The minimum Gasteiger partial charge on any atom is -0.382 e. The second-order valence-electron chi connectivity index (χ2n) is 4.02. The lowest BCUT2D eigenvalue weighted by Gasteiger charge is -1.98. The van der Waals surface area contributed by atoms with Crippen LogP contribution in [0.5, 0.6) is 0 Å². The van der Waals surface area contributed by atoms with Crippen molar-refractivity contribution in [2.45, 2.75) is 12.8 Å². The zero-order valence-corrected chi connectivity index (χ0v) is 11.1. The number of benzene rings is 1. The van der Waals surface area contributed by atoms with Gasteiger partial charge >= 0.3 is 0 Å². The van der Waals surface area contributed by atoms with Gasteiger partial charge in [-0.05, 0) is 24.1 Å². The van der Waals surface area contributed by atoms with Gasteiger partial charge in [-0.2, -0.15) is 5.10 Å². The van der Waals surface area contributed by atoms with Crippen LogP contribution < -0.4 is 5.73 Å². The molecule has 0 fully saturated rings. The molecule has 0 saturated carbocycles. The van der Waals surface area contributed by atoms with Crippen LogP contribution in [0.2, 0.25) is 5.02 Å². The third-order valence-electron chi connectivity index (χ3n) is 2.64. The fourth-order valence-electron chi connectivity index (χ4n) is 1.76. The maximum atomic E-state index is 5.85. The number of anilines is 1. The van der Waals surface area contributed by atoms with Gasteiger partial charge in [0.05, 0.1) is 6.20 Å². The van der Waals surface area contributed by atoms with Crippen molar-refractivity contribution >= 4 is 33.7 Å². The largest absolute Gasteiger partial charge is 0.382 e. The Hall–Kier alpha value is -1.59. The minimum atomic E-state index is 0.512. The summed E-state index contributed by atoms with van der Waals surface area (Å²) in [5, 5.41) is 6.26. The van der Waals surface area contributed by atoms with Crippen molar-refractivity contribution in [3.63, 3.8) is 0 Å². The number of fused-ring (bicyclic) bond motifs is 1. The predicted octanol–water partition coefficient (Wildman–Crippen LogP) is 2.81. The molecule has 6 heteroatoms. The van der Waals surface area contributed by atoms with E-state index in [0.29, 0.717) is 5.82 Å². The molecule has 0 aliphatic rings. The van der Waals surface area contributed by atoms with Gasteiger partial charge in [0.15, 0.2) is 0 Å². The maximum absolute atomic E-state index is 5.85. The average molecular weight is 279 g/mol. The number of aryl methyl sites for hydroxylation is 2. The predicted molar refractivity (Wildman–Crippen MR) is 74.1 cm³/mol. The second kappa shape index (κ2) is 4.59. The van der Waals surface area contributed by atoms with E-state index >= 15 is 0 Å². The highest BCUT2D eigenvalue weighted by molar-refractivity contribution is 7.16. The highest BCUT2D eigenvalue weighted by Gasteiger charge is 2.06. The number of hydrogen-bond acceptors (Lipinski definition) is 4. The zero-order valence-electron chi connectivity index (χ0n) is 9.51. The first kappa shape index (κ1) is 11.5. The van der Waals surface area contributed by atoms with Crippen LogP contribution in [0.4, 0.5) is 5.82 Å². The lowest BCUT2D eigenvalue weighted by atomic mass is 10.1. The number of nitrogens with zero attached hydrogens (tertiary/aromatic N) is 3. The fraction of sp³-hybridized carbons (Fsp3) is 0.167. The van der Waals surface area contributed by atoms with E-state index in [9.17, 15) is 0 Å². The number of halogens is 1. The number of imidazole rings is 1. The van der Waals surface area contributed by atoms with Gasteiger partial charge in [-0.3, -0.25) is 0 Å². The van der Waals surface area contributed by atoms with Crippen LogP contribution in [0.25, 0.3) is 4.96 Å². The molecule has 0 saturated heterocycles.